The topological polar surface area (TPSA) is 30.5 Å². The van der Waals surface area contributed by atoms with Crippen LogP contribution in [0.5, 0.6) is 0 Å². The molecule has 2 heteroatoms. The lowest BCUT2D eigenvalue weighted by Gasteiger charge is -2.11. The van der Waals surface area contributed by atoms with Gasteiger partial charge in [0.25, 0.3) is 0 Å². The maximum Gasteiger partial charge on any atom is 0.0573 e. The monoisotopic (exact) mass is 114 g/mol. The van der Waals surface area contributed by atoms with E-state index in [-0.39, 0.29) is 0 Å². The predicted molar refractivity (Wildman–Crippen MR) is 33.2 cm³/mol. The van der Waals surface area contributed by atoms with Gasteiger partial charge in [0.05, 0.1) is 13.1 Å². The molecule has 1 aliphatic heterocycles. The van der Waals surface area contributed by atoms with Gasteiger partial charge in [-0.1, -0.05) is 0 Å². The molecule has 0 aromatic rings. The summed E-state index contributed by atoms with van der Waals surface area (Å²) in [5, 5.41) is 0. The molecule has 1 unspecified atom stereocenters. The van der Waals surface area contributed by atoms with Crippen molar-refractivity contribution in [3.8, 4) is 0 Å². The van der Waals surface area contributed by atoms with E-state index in [1.54, 1.807) is 0 Å². The highest BCUT2D eigenvalue weighted by Gasteiger charge is 2.17. The van der Waals surface area contributed by atoms with E-state index in [2.05, 4.69) is 7.05 Å². The Morgan fingerprint density at radius 2 is 2.50 bits per heavy atom. The first-order valence-electron chi connectivity index (χ1n) is 3.19. The molecule has 0 radical (unpaired) electrons. The summed E-state index contributed by atoms with van der Waals surface area (Å²) in [6, 6.07) is 0. The molecular weight excluding hydrogens is 100 g/mol. The maximum absolute atomic E-state index is 5.45. The van der Waals surface area contributed by atoms with Crippen molar-refractivity contribution in [1.29, 1.82) is 0 Å². The number of nitrogens with two attached hydrogens (primary N) is 1. The summed E-state index contributed by atoms with van der Waals surface area (Å²) in [4.78, 5) is 1.39. The van der Waals surface area contributed by atoms with Crippen molar-refractivity contribution >= 4 is 0 Å². The van der Waals surface area contributed by atoms with Crippen LogP contribution in [-0.2, 0) is 0 Å². The Labute approximate surface area is 50.7 Å². The smallest absolute Gasteiger partial charge is 0.0573 e. The fraction of sp³-hybridized carbons (Fsp3) is 0.833. The van der Waals surface area contributed by atoms with E-state index in [1.807, 2.05) is 0 Å². The zero-order valence-electron chi connectivity index (χ0n) is 5.19. The van der Waals surface area contributed by atoms with Crippen LogP contribution in [0.25, 0.3) is 0 Å². The standard InChI is InChI=1S/C6H14N2/c1-8-3-2-6(4-7)5-8/h6,8H,1-5,7H2/t6-/m1/s1. The first kappa shape index (κ1) is 6.05. The van der Waals surface area contributed by atoms with Crippen LogP contribution in [0.15, 0.2) is 0 Å². The fourth-order valence-electron chi connectivity index (χ4n) is 1.22. The number of likely N-dealkylation sites (tertiary alicyclic amines) is 1. The van der Waals surface area contributed by atoms with E-state index in [9.17, 15) is 0 Å². The molecule has 0 aromatic heterocycles. The number of quaternary nitrogens is 1. The minimum absolute atomic E-state index is 0.752. The van der Waals surface area contributed by atoms with Gasteiger partial charge in [0.1, 0.15) is 0 Å². The van der Waals surface area contributed by atoms with E-state index in [0.717, 1.165) is 12.5 Å². The van der Waals surface area contributed by atoms with E-state index in [4.69, 9.17) is 5.73 Å². The third-order valence-corrected chi connectivity index (χ3v) is 1.82. The Morgan fingerprint density at radius 3 is 2.75 bits per heavy atom. The fourth-order valence-corrected chi connectivity index (χ4v) is 1.22. The van der Waals surface area contributed by atoms with E-state index >= 15 is 0 Å². The van der Waals surface area contributed by atoms with Crippen LogP contribution in [0.3, 0.4) is 0 Å². The second kappa shape index (κ2) is 2.46. The first-order chi connectivity index (χ1) is 3.83. The van der Waals surface area contributed by atoms with Crippen LogP contribution < -0.4 is 10.6 Å². The molecule has 0 aromatic carbocycles. The molecule has 1 saturated heterocycles. The van der Waals surface area contributed by atoms with Crippen LogP contribution in [0.1, 0.15) is 6.42 Å². The lowest BCUT2D eigenvalue weighted by molar-refractivity contribution is -0.841. The predicted octanol–water partition coefficient (Wildman–Crippen LogP) is -1.36. The van der Waals surface area contributed by atoms with Gasteiger partial charge in [-0.15, -0.1) is 0 Å². The molecule has 0 spiro atoms. The quantitative estimate of drug-likeness (QED) is 0.405. The molecule has 0 amide bonds. The van der Waals surface area contributed by atoms with Crippen molar-refractivity contribution in [3.63, 3.8) is 0 Å². The van der Waals surface area contributed by atoms with Crippen LogP contribution in [-0.4, -0.2) is 19.6 Å². The van der Waals surface area contributed by atoms with E-state index < -0.39 is 0 Å². The Bertz CT molecular complexity index is 72.9. The molecule has 2 atom stereocenters. The van der Waals surface area contributed by atoms with Gasteiger partial charge in [0.15, 0.2) is 0 Å². The summed E-state index contributed by atoms with van der Waals surface area (Å²) in [6.45, 7) is 3.23. The molecule has 2 nitrogen and oxygen atoms in total. The molecule has 0 bridgehead atoms. The second-order valence-corrected chi connectivity index (χ2v) is 2.59. The van der Waals surface area contributed by atoms with Crippen LogP contribution >= 0.6 is 0 Å². The summed E-state index contributed by atoms with van der Waals surface area (Å²) < 4.78 is 0. The molecule has 1 rings (SSSR count). The molecule has 1 fully saturated rings. The molecular formula is C6H14N2. The number of rotatable bonds is 1. The summed E-state index contributed by atoms with van der Waals surface area (Å²) in [5.41, 5.74) is 5.45. The summed E-state index contributed by atoms with van der Waals surface area (Å²) in [7, 11) is 3.90. The zero-order valence-corrected chi connectivity index (χ0v) is 5.19. The number of hydrogen-bond donors (Lipinski definition) is 2. The van der Waals surface area contributed by atoms with Gasteiger partial charge in [0, 0.05) is 18.9 Å². The van der Waals surface area contributed by atoms with Crippen molar-refractivity contribution in [3.05, 3.63) is 7.05 Å². The van der Waals surface area contributed by atoms with Gasteiger partial charge in [-0.25, -0.2) is 0 Å². The van der Waals surface area contributed by atoms with Crippen LogP contribution in [0, 0.1) is 13.0 Å². The van der Waals surface area contributed by atoms with Crippen molar-refractivity contribution in [2.75, 3.05) is 19.6 Å². The second-order valence-electron chi connectivity index (χ2n) is 2.59. The highest BCUT2D eigenvalue weighted by atomic mass is 15.1. The molecule has 1 aliphatic rings. The Hall–Kier alpha value is -0.0800. The van der Waals surface area contributed by atoms with Crippen LogP contribution in [0.2, 0.25) is 0 Å². The Kier molecular flexibility index (Phi) is 1.86. The SMILES string of the molecule is [CH2-][NH+]1CC[C@H](CN)C1. The lowest BCUT2D eigenvalue weighted by Crippen LogP contribution is -3.04. The Morgan fingerprint density at radius 1 is 1.75 bits per heavy atom. The van der Waals surface area contributed by atoms with Gasteiger partial charge < -0.3 is 10.6 Å². The Balaban J connectivity index is 2.22. The van der Waals surface area contributed by atoms with Gasteiger partial charge in [-0.05, 0) is 0 Å². The molecule has 0 saturated carbocycles. The van der Waals surface area contributed by atoms with Gasteiger partial charge in [-0.3, -0.25) is 0 Å². The highest BCUT2D eigenvalue weighted by molar-refractivity contribution is 4.61. The average Bonchev–Trinajstić information content (AvgIpc) is 2.14. The van der Waals surface area contributed by atoms with E-state index in [1.165, 1.54) is 24.4 Å². The zero-order chi connectivity index (χ0) is 5.98. The molecule has 1 heterocycles. The minimum Gasteiger partial charge on any atom is -0.468 e. The van der Waals surface area contributed by atoms with Gasteiger partial charge in [0.2, 0.25) is 0 Å². The molecule has 48 valence electrons. The van der Waals surface area contributed by atoms with Crippen molar-refractivity contribution < 1.29 is 4.90 Å². The van der Waals surface area contributed by atoms with Crippen molar-refractivity contribution in [1.82, 2.24) is 0 Å². The average molecular weight is 114 g/mol. The molecule has 3 N–H and O–H groups in total. The van der Waals surface area contributed by atoms with Crippen molar-refractivity contribution in [2.24, 2.45) is 11.7 Å². The summed E-state index contributed by atoms with van der Waals surface area (Å²) in [6.07, 6.45) is 1.27. The molecule has 8 heavy (non-hydrogen) atoms. The van der Waals surface area contributed by atoms with E-state index in [0.29, 0.717) is 0 Å². The number of nitrogens with one attached hydrogen (secondary N) is 1. The summed E-state index contributed by atoms with van der Waals surface area (Å²) >= 11 is 0. The normalized spacial score (nSPS) is 38.2. The van der Waals surface area contributed by atoms with Crippen molar-refractivity contribution in [2.45, 2.75) is 6.42 Å². The third kappa shape index (κ3) is 1.20. The summed E-state index contributed by atoms with van der Waals surface area (Å²) in [5.74, 6) is 0.752. The third-order valence-electron chi connectivity index (χ3n) is 1.82. The largest absolute Gasteiger partial charge is 0.468 e. The highest BCUT2D eigenvalue weighted by Crippen LogP contribution is 1.99. The van der Waals surface area contributed by atoms with Gasteiger partial charge in [-0.2, -0.15) is 7.05 Å². The first-order valence-corrected chi connectivity index (χ1v) is 3.19. The minimum atomic E-state index is 0.752. The lowest BCUT2D eigenvalue weighted by atomic mass is 10.1. The molecule has 0 aliphatic carbocycles. The van der Waals surface area contributed by atoms with Crippen LogP contribution in [0.4, 0.5) is 0 Å². The number of hydrogen-bond acceptors (Lipinski definition) is 1. The maximum atomic E-state index is 5.45. The van der Waals surface area contributed by atoms with Gasteiger partial charge >= 0.3 is 0 Å².